The molecule has 1 saturated carbocycles. The number of hydrogen-bond acceptors (Lipinski definition) is 2. The number of carbonyl (C=O) groups excluding carboxylic acids is 2. The summed E-state index contributed by atoms with van der Waals surface area (Å²) in [6, 6.07) is -0.0400. The maximum atomic E-state index is 12.4. The van der Waals surface area contributed by atoms with Crippen LogP contribution in [0.15, 0.2) is 0 Å². The van der Waals surface area contributed by atoms with Gasteiger partial charge in [-0.05, 0) is 59.3 Å². The van der Waals surface area contributed by atoms with E-state index in [1.165, 1.54) is 6.42 Å². The minimum Gasteiger partial charge on any atom is -0.342 e. The number of urea groups is 1. The molecule has 3 amide bonds. The molecule has 0 aromatic carbocycles. The van der Waals surface area contributed by atoms with E-state index in [-0.39, 0.29) is 23.5 Å². The molecule has 2 atom stereocenters. The minimum atomic E-state index is -0.234. The number of nitrogens with zero attached hydrogens (tertiary/aromatic N) is 1. The van der Waals surface area contributed by atoms with Gasteiger partial charge < -0.3 is 15.5 Å². The second-order valence-corrected chi connectivity index (χ2v) is 7.95. The van der Waals surface area contributed by atoms with Crippen molar-refractivity contribution in [1.29, 1.82) is 0 Å². The van der Waals surface area contributed by atoms with E-state index in [9.17, 15) is 9.59 Å². The number of carbonyl (C=O) groups is 2. The number of piperidine rings is 1. The first-order valence-electron chi connectivity index (χ1n) is 8.64. The maximum absolute atomic E-state index is 12.4. The average Bonchev–Trinajstić information content (AvgIpc) is 2.34. The van der Waals surface area contributed by atoms with Gasteiger partial charge in [0.15, 0.2) is 0 Å². The van der Waals surface area contributed by atoms with Gasteiger partial charge in [0.05, 0.1) is 0 Å². The van der Waals surface area contributed by atoms with Crippen molar-refractivity contribution in [3.8, 4) is 0 Å². The summed E-state index contributed by atoms with van der Waals surface area (Å²) in [5, 5.41) is 5.96. The smallest absolute Gasteiger partial charge is 0.315 e. The Morgan fingerprint density at radius 3 is 2.36 bits per heavy atom. The Bertz CT molecular complexity index is 413. The number of hydrogen-bond donors (Lipinski definition) is 2. The Balaban J connectivity index is 1.83. The molecule has 1 saturated heterocycles. The molecule has 5 nitrogen and oxygen atoms in total. The lowest BCUT2D eigenvalue weighted by molar-refractivity contribution is -0.140. The van der Waals surface area contributed by atoms with Crippen molar-refractivity contribution in [2.75, 3.05) is 13.1 Å². The van der Waals surface area contributed by atoms with Gasteiger partial charge in [0, 0.05) is 30.6 Å². The summed E-state index contributed by atoms with van der Waals surface area (Å²) in [7, 11) is 0. The third kappa shape index (κ3) is 4.62. The average molecular weight is 309 g/mol. The summed E-state index contributed by atoms with van der Waals surface area (Å²) in [5.41, 5.74) is -0.234. The zero-order chi connectivity index (χ0) is 16.3. The first kappa shape index (κ1) is 17.1. The largest absolute Gasteiger partial charge is 0.342 e. The van der Waals surface area contributed by atoms with Crippen LogP contribution in [0.25, 0.3) is 0 Å². The molecule has 5 heteroatoms. The monoisotopic (exact) mass is 309 g/mol. The summed E-state index contributed by atoms with van der Waals surface area (Å²) in [6.45, 7) is 9.62. The van der Waals surface area contributed by atoms with Crippen LogP contribution in [0.4, 0.5) is 4.79 Å². The van der Waals surface area contributed by atoms with E-state index in [0.717, 1.165) is 38.8 Å². The second kappa shape index (κ2) is 6.88. The molecule has 2 fully saturated rings. The highest BCUT2D eigenvalue weighted by Crippen LogP contribution is 2.30. The van der Waals surface area contributed by atoms with E-state index in [1.807, 2.05) is 32.6 Å². The maximum Gasteiger partial charge on any atom is 0.315 e. The highest BCUT2D eigenvalue weighted by Gasteiger charge is 2.33. The van der Waals surface area contributed by atoms with E-state index in [1.54, 1.807) is 0 Å². The molecule has 0 aromatic heterocycles. The van der Waals surface area contributed by atoms with Crippen molar-refractivity contribution in [2.45, 2.75) is 71.4 Å². The molecule has 0 radical (unpaired) electrons. The Morgan fingerprint density at radius 2 is 1.82 bits per heavy atom. The number of rotatable bonds is 3. The van der Waals surface area contributed by atoms with Crippen LogP contribution in [0, 0.1) is 11.8 Å². The van der Waals surface area contributed by atoms with Crippen LogP contribution in [0.3, 0.4) is 0 Å². The molecule has 2 N–H and O–H groups in total. The van der Waals surface area contributed by atoms with E-state index in [2.05, 4.69) is 10.6 Å². The summed E-state index contributed by atoms with van der Waals surface area (Å²) < 4.78 is 0. The van der Waals surface area contributed by atoms with Gasteiger partial charge in [0.1, 0.15) is 0 Å². The molecule has 2 aliphatic rings. The lowest BCUT2D eigenvalue weighted by Gasteiger charge is -2.39. The first-order chi connectivity index (χ1) is 10.3. The van der Waals surface area contributed by atoms with E-state index >= 15 is 0 Å². The molecule has 0 bridgehead atoms. The first-order valence-corrected chi connectivity index (χ1v) is 8.64. The highest BCUT2D eigenvalue weighted by molar-refractivity contribution is 5.79. The molecule has 22 heavy (non-hydrogen) atoms. The van der Waals surface area contributed by atoms with E-state index in [4.69, 9.17) is 0 Å². The molecule has 2 rings (SSSR count). The van der Waals surface area contributed by atoms with Gasteiger partial charge in [-0.3, -0.25) is 4.79 Å². The summed E-state index contributed by atoms with van der Waals surface area (Å²) >= 11 is 0. The molecule has 0 unspecified atom stereocenters. The fraction of sp³-hybridized carbons (Fsp3) is 0.882. The van der Waals surface area contributed by atoms with Gasteiger partial charge in [-0.25, -0.2) is 4.79 Å². The fourth-order valence-electron chi connectivity index (χ4n) is 3.23. The third-order valence-corrected chi connectivity index (χ3v) is 4.78. The fourth-order valence-corrected chi connectivity index (χ4v) is 3.23. The lowest BCUT2D eigenvalue weighted by atomic mass is 9.83. The van der Waals surface area contributed by atoms with Crippen molar-refractivity contribution in [2.24, 2.45) is 11.8 Å². The molecular weight excluding hydrogens is 278 g/mol. The van der Waals surface area contributed by atoms with Gasteiger partial charge >= 0.3 is 6.03 Å². The van der Waals surface area contributed by atoms with Crippen molar-refractivity contribution in [3.05, 3.63) is 0 Å². The topological polar surface area (TPSA) is 61.4 Å². The molecular formula is C17H31N3O2. The van der Waals surface area contributed by atoms with Crippen LogP contribution in [-0.4, -0.2) is 41.5 Å². The van der Waals surface area contributed by atoms with Crippen LogP contribution in [0.5, 0.6) is 0 Å². The number of likely N-dealkylation sites (tertiary alicyclic amines) is 1. The van der Waals surface area contributed by atoms with Crippen LogP contribution < -0.4 is 10.6 Å². The van der Waals surface area contributed by atoms with Crippen LogP contribution in [-0.2, 0) is 4.79 Å². The third-order valence-electron chi connectivity index (χ3n) is 4.78. The summed E-state index contributed by atoms with van der Waals surface area (Å²) in [5.74, 6) is 0.956. The van der Waals surface area contributed by atoms with Crippen LogP contribution >= 0.6 is 0 Å². The van der Waals surface area contributed by atoms with Gasteiger partial charge in [0.25, 0.3) is 0 Å². The van der Waals surface area contributed by atoms with Crippen LogP contribution in [0.1, 0.15) is 59.8 Å². The predicted octanol–water partition coefficient (Wildman–Crippen LogP) is 2.51. The second-order valence-electron chi connectivity index (χ2n) is 7.95. The molecule has 126 valence electrons. The van der Waals surface area contributed by atoms with Gasteiger partial charge in [-0.15, -0.1) is 0 Å². The Hall–Kier alpha value is -1.26. The van der Waals surface area contributed by atoms with E-state index < -0.39 is 0 Å². The van der Waals surface area contributed by atoms with Gasteiger partial charge in [-0.1, -0.05) is 6.42 Å². The zero-order valence-corrected chi connectivity index (χ0v) is 14.4. The molecule has 1 aliphatic carbocycles. The van der Waals surface area contributed by atoms with Crippen LogP contribution in [0.2, 0.25) is 0 Å². The Labute approximate surface area is 134 Å². The van der Waals surface area contributed by atoms with Crippen molar-refractivity contribution in [1.82, 2.24) is 15.5 Å². The molecule has 0 spiro atoms. The van der Waals surface area contributed by atoms with E-state index in [0.29, 0.717) is 11.8 Å². The van der Waals surface area contributed by atoms with Crippen molar-refractivity contribution < 1.29 is 9.59 Å². The lowest BCUT2D eigenvalue weighted by Crippen LogP contribution is -2.53. The number of nitrogens with one attached hydrogen (secondary N) is 2. The Kier molecular flexibility index (Phi) is 5.35. The Morgan fingerprint density at radius 1 is 1.14 bits per heavy atom. The molecule has 1 heterocycles. The van der Waals surface area contributed by atoms with Crippen molar-refractivity contribution in [3.63, 3.8) is 0 Å². The summed E-state index contributed by atoms with van der Waals surface area (Å²) in [6.07, 6.45) is 5.42. The van der Waals surface area contributed by atoms with Gasteiger partial charge in [0.2, 0.25) is 5.91 Å². The molecule has 1 aliphatic heterocycles. The SMILES string of the molecule is C[C@@H](NC(=O)NC(C)(C)C)[C@H]1CCCN(C(=O)C2CCC2)C1. The molecule has 0 aromatic rings. The van der Waals surface area contributed by atoms with Gasteiger partial charge in [-0.2, -0.15) is 0 Å². The van der Waals surface area contributed by atoms with Crippen molar-refractivity contribution >= 4 is 11.9 Å². The zero-order valence-electron chi connectivity index (χ0n) is 14.4. The minimum absolute atomic E-state index is 0.0827. The summed E-state index contributed by atoms with van der Waals surface area (Å²) in [4.78, 5) is 26.4. The standard InChI is InChI=1S/C17H31N3O2/c1-12(18-16(22)19-17(2,3)4)14-9-6-10-20(11-14)15(21)13-7-5-8-13/h12-14H,5-11H2,1-4H3,(H2,18,19,22)/t12-,14+/m1/s1. The highest BCUT2D eigenvalue weighted by atomic mass is 16.2. The predicted molar refractivity (Wildman–Crippen MR) is 87.5 cm³/mol. The number of amides is 3. The quantitative estimate of drug-likeness (QED) is 0.841. The normalized spacial score (nSPS) is 24.4.